The highest BCUT2D eigenvalue weighted by Gasteiger charge is 2.37. The quantitative estimate of drug-likeness (QED) is 0.861. The molecule has 6 heteroatoms. The third kappa shape index (κ3) is 3.14. The SMILES string of the molecule is c1csc(CN2CCN3C[C@H](Oc4cncnc4)C[C@@H]3C2)c1. The van der Waals surface area contributed by atoms with Crippen molar-refractivity contribution in [3.63, 3.8) is 0 Å². The average molecular weight is 316 g/mol. The van der Waals surface area contributed by atoms with Gasteiger partial charge in [0, 0.05) is 50.1 Å². The molecule has 2 atom stereocenters. The summed E-state index contributed by atoms with van der Waals surface area (Å²) < 4.78 is 6.03. The standard InChI is InChI=1S/C16H20N4OS/c1-2-16(22-5-1)11-19-3-4-20-10-14(6-13(20)9-19)21-15-7-17-12-18-8-15/h1-2,5,7-8,12-14H,3-4,6,9-11H2/t13-,14-/m1/s1. The number of aromatic nitrogens is 2. The number of hydrogen-bond donors (Lipinski definition) is 0. The number of fused-ring (bicyclic) bond motifs is 1. The number of piperazine rings is 1. The molecule has 2 aliphatic heterocycles. The van der Waals surface area contributed by atoms with Gasteiger partial charge in [0.2, 0.25) is 0 Å². The van der Waals surface area contributed by atoms with Gasteiger partial charge in [-0.15, -0.1) is 11.3 Å². The van der Waals surface area contributed by atoms with Gasteiger partial charge < -0.3 is 4.74 Å². The molecule has 4 heterocycles. The normalized spacial score (nSPS) is 26.0. The van der Waals surface area contributed by atoms with Gasteiger partial charge in [-0.25, -0.2) is 9.97 Å². The van der Waals surface area contributed by atoms with E-state index < -0.39 is 0 Å². The predicted molar refractivity (Wildman–Crippen MR) is 86.0 cm³/mol. The Morgan fingerprint density at radius 2 is 2.14 bits per heavy atom. The van der Waals surface area contributed by atoms with Crippen LogP contribution >= 0.6 is 11.3 Å². The van der Waals surface area contributed by atoms with Gasteiger partial charge in [0.15, 0.2) is 5.75 Å². The first-order valence-electron chi connectivity index (χ1n) is 7.77. The Morgan fingerprint density at radius 1 is 1.23 bits per heavy atom. The summed E-state index contributed by atoms with van der Waals surface area (Å²) in [4.78, 5) is 14.6. The smallest absolute Gasteiger partial charge is 0.156 e. The summed E-state index contributed by atoms with van der Waals surface area (Å²) in [6.07, 6.45) is 6.38. The van der Waals surface area contributed by atoms with E-state index in [0.29, 0.717) is 6.04 Å². The van der Waals surface area contributed by atoms with Crippen LogP contribution in [0.25, 0.3) is 0 Å². The molecule has 0 saturated carbocycles. The van der Waals surface area contributed by atoms with Crippen molar-refractivity contribution in [2.75, 3.05) is 26.2 Å². The summed E-state index contributed by atoms with van der Waals surface area (Å²) in [6, 6.07) is 4.98. The van der Waals surface area contributed by atoms with Crippen LogP contribution in [0.5, 0.6) is 5.75 Å². The lowest BCUT2D eigenvalue weighted by molar-refractivity contribution is 0.0985. The van der Waals surface area contributed by atoms with Crippen LogP contribution in [0.15, 0.2) is 36.2 Å². The van der Waals surface area contributed by atoms with E-state index in [1.54, 1.807) is 12.4 Å². The van der Waals surface area contributed by atoms with E-state index in [1.165, 1.54) is 11.2 Å². The molecule has 0 aliphatic carbocycles. The lowest BCUT2D eigenvalue weighted by Crippen LogP contribution is -2.49. The van der Waals surface area contributed by atoms with Crippen LogP contribution < -0.4 is 4.74 Å². The zero-order valence-electron chi connectivity index (χ0n) is 12.5. The van der Waals surface area contributed by atoms with E-state index in [0.717, 1.165) is 44.9 Å². The molecule has 5 nitrogen and oxygen atoms in total. The van der Waals surface area contributed by atoms with Crippen LogP contribution in [0.1, 0.15) is 11.3 Å². The Morgan fingerprint density at radius 3 is 2.95 bits per heavy atom. The van der Waals surface area contributed by atoms with Gasteiger partial charge in [0.25, 0.3) is 0 Å². The van der Waals surface area contributed by atoms with Crippen LogP contribution in [0, 0.1) is 0 Å². The van der Waals surface area contributed by atoms with Gasteiger partial charge >= 0.3 is 0 Å². The van der Waals surface area contributed by atoms with E-state index in [4.69, 9.17) is 4.74 Å². The third-order valence-corrected chi connectivity index (χ3v) is 5.32. The van der Waals surface area contributed by atoms with Crippen LogP contribution in [0.4, 0.5) is 0 Å². The zero-order valence-corrected chi connectivity index (χ0v) is 13.3. The summed E-state index contributed by atoms with van der Waals surface area (Å²) in [6.45, 7) is 5.53. The molecule has 2 fully saturated rings. The van der Waals surface area contributed by atoms with Gasteiger partial charge in [-0.05, 0) is 11.4 Å². The average Bonchev–Trinajstić information content (AvgIpc) is 3.17. The molecule has 0 aromatic carbocycles. The highest BCUT2D eigenvalue weighted by atomic mass is 32.1. The van der Waals surface area contributed by atoms with Crippen LogP contribution in [-0.2, 0) is 6.54 Å². The Kier molecular flexibility index (Phi) is 4.05. The Hall–Kier alpha value is -1.50. The van der Waals surface area contributed by atoms with Crippen molar-refractivity contribution in [3.8, 4) is 5.75 Å². The van der Waals surface area contributed by atoms with Crippen molar-refractivity contribution in [2.24, 2.45) is 0 Å². The lowest BCUT2D eigenvalue weighted by Gasteiger charge is -2.36. The van der Waals surface area contributed by atoms with Gasteiger partial charge in [0.05, 0.1) is 12.4 Å². The second-order valence-electron chi connectivity index (χ2n) is 6.01. The fraction of sp³-hybridized carbons (Fsp3) is 0.500. The Labute approximate surface area is 134 Å². The summed E-state index contributed by atoms with van der Waals surface area (Å²) in [7, 11) is 0. The molecule has 0 radical (unpaired) electrons. The molecule has 0 N–H and O–H groups in total. The molecule has 2 saturated heterocycles. The van der Waals surface area contributed by atoms with Crippen molar-refractivity contribution in [1.29, 1.82) is 0 Å². The maximum Gasteiger partial charge on any atom is 0.156 e. The molecular weight excluding hydrogens is 296 g/mol. The van der Waals surface area contributed by atoms with E-state index in [-0.39, 0.29) is 6.10 Å². The summed E-state index contributed by atoms with van der Waals surface area (Å²) in [5.74, 6) is 0.780. The molecule has 2 aromatic heterocycles. The largest absolute Gasteiger partial charge is 0.486 e. The fourth-order valence-corrected chi connectivity index (χ4v) is 4.20. The van der Waals surface area contributed by atoms with E-state index in [9.17, 15) is 0 Å². The second kappa shape index (κ2) is 6.32. The fourth-order valence-electron chi connectivity index (χ4n) is 3.45. The predicted octanol–water partition coefficient (Wildman–Crippen LogP) is 1.88. The van der Waals surface area contributed by atoms with Gasteiger partial charge in [0.1, 0.15) is 12.4 Å². The maximum atomic E-state index is 6.03. The summed E-state index contributed by atoms with van der Waals surface area (Å²) in [5, 5.41) is 2.16. The van der Waals surface area contributed by atoms with Crippen molar-refractivity contribution in [3.05, 3.63) is 41.1 Å². The third-order valence-electron chi connectivity index (χ3n) is 4.46. The lowest BCUT2D eigenvalue weighted by atomic mass is 10.1. The van der Waals surface area contributed by atoms with Crippen molar-refractivity contribution < 1.29 is 4.74 Å². The topological polar surface area (TPSA) is 41.5 Å². The highest BCUT2D eigenvalue weighted by molar-refractivity contribution is 7.09. The highest BCUT2D eigenvalue weighted by Crippen LogP contribution is 2.26. The molecule has 0 amide bonds. The molecule has 0 bridgehead atoms. The van der Waals surface area contributed by atoms with Gasteiger partial charge in [-0.3, -0.25) is 9.80 Å². The van der Waals surface area contributed by atoms with Crippen molar-refractivity contribution in [2.45, 2.75) is 25.1 Å². The Balaban J connectivity index is 1.33. The second-order valence-corrected chi connectivity index (χ2v) is 7.05. The summed E-state index contributed by atoms with van der Waals surface area (Å²) >= 11 is 1.85. The molecule has 0 spiro atoms. The number of rotatable bonds is 4. The van der Waals surface area contributed by atoms with Gasteiger partial charge in [-0.1, -0.05) is 6.07 Å². The minimum absolute atomic E-state index is 0.262. The minimum atomic E-state index is 0.262. The number of hydrogen-bond acceptors (Lipinski definition) is 6. The van der Waals surface area contributed by atoms with Crippen molar-refractivity contribution in [1.82, 2.24) is 19.8 Å². The minimum Gasteiger partial charge on any atom is -0.486 e. The molecule has 0 unspecified atom stereocenters. The number of ether oxygens (including phenoxy) is 1. The van der Waals surface area contributed by atoms with E-state index >= 15 is 0 Å². The number of thiophene rings is 1. The first-order valence-corrected chi connectivity index (χ1v) is 8.65. The molecule has 2 aromatic rings. The maximum absolute atomic E-state index is 6.03. The van der Waals surface area contributed by atoms with Crippen LogP contribution in [-0.4, -0.2) is 58.1 Å². The van der Waals surface area contributed by atoms with E-state index in [2.05, 4.69) is 37.3 Å². The zero-order chi connectivity index (χ0) is 14.8. The summed E-state index contributed by atoms with van der Waals surface area (Å²) in [5.41, 5.74) is 0. The van der Waals surface area contributed by atoms with Crippen LogP contribution in [0.3, 0.4) is 0 Å². The van der Waals surface area contributed by atoms with E-state index in [1.807, 2.05) is 11.3 Å². The molecule has 116 valence electrons. The Bertz CT molecular complexity index is 591. The molecular formula is C16H20N4OS. The first-order chi connectivity index (χ1) is 10.9. The first kappa shape index (κ1) is 14.1. The molecule has 22 heavy (non-hydrogen) atoms. The van der Waals surface area contributed by atoms with Crippen LogP contribution in [0.2, 0.25) is 0 Å². The molecule has 2 aliphatic rings. The van der Waals surface area contributed by atoms with Gasteiger partial charge in [-0.2, -0.15) is 0 Å². The number of nitrogens with zero attached hydrogens (tertiary/aromatic N) is 4. The monoisotopic (exact) mass is 316 g/mol. The molecule has 4 rings (SSSR count). The van der Waals surface area contributed by atoms with Crippen molar-refractivity contribution >= 4 is 11.3 Å².